The summed E-state index contributed by atoms with van der Waals surface area (Å²) in [7, 11) is 0. The number of nitrogens with zero attached hydrogens (tertiary/aromatic N) is 3. The molecule has 0 bridgehead atoms. The van der Waals surface area contributed by atoms with E-state index in [1.54, 1.807) is 12.3 Å². The molecule has 0 radical (unpaired) electrons. The van der Waals surface area contributed by atoms with E-state index in [9.17, 15) is 4.79 Å². The summed E-state index contributed by atoms with van der Waals surface area (Å²) in [5.74, 6) is 1.87. The van der Waals surface area contributed by atoms with Crippen molar-refractivity contribution >= 4 is 17.5 Å². The Labute approximate surface area is 185 Å². The van der Waals surface area contributed by atoms with Crippen LogP contribution < -0.4 is 14.2 Å². The second kappa shape index (κ2) is 8.90. The molecule has 2 fully saturated rings. The number of halogens is 1. The SMILES string of the molecule is O=C(c1cnc(O[C@H]2CCOC2)c(Cl)c1)N1CCN(Cc2ccc3c(c2)OCO3)CC1. The van der Waals surface area contributed by atoms with Crippen LogP contribution in [0.1, 0.15) is 22.3 Å². The zero-order valence-electron chi connectivity index (χ0n) is 17.1. The number of hydrogen-bond donors (Lipinski definition) is 0. The molecule has 5 rings (SSSR count). The number of fused-ring (bicyclic) bond motifs is 1. The van der Waals surface area contributed by atoms with Crippen molar-refractivity contribution in [2.45, 2.75) is 19.1 Å². The van der Waals surface area contributed by atoms with E-state index in [2.05, 4.69) is 16.0 Å². The van der Waals surface area contributed by atoms with Gasteiger partial charge in [-0.1, -0.05) is 17.7 Å². The van der Waals surface area contributed by atoms with Crippen molar-refractivity contribution in [3.63, 3.8) is 0 Å². The first-order valence-corrected chi connectivity index (χ1v) is 10.8. The van der Waals surface area contributed by atoms with Gasteiger partial charge < -0.3 is 23.8 Å². The van der Waals surface area contributed by atoms with Gasteiger partial charge in [-0.3, -0.25) is 9.69 Å². The molecule has 1 aromatic heterocycles. The summed E-state index contributed by atoms with van der Waals surface area (Å²) < 4.78 is 21.9. The highest BCUT2D eigenvalue weighted by Crippen LogP contribution is 2.33. The number of carbonyl (C=O) groups excluding carboxylic acids is 1. The summed E-state index contributed by atoms with van der Waals surface area (Å²) in [6, 6.07) is 7.66. The van der Waals surface area contributed by atoms with Crippen LogP contribution in [0.15, 0.2) is 30.5 Å². The number of piperazine rings is 1. The lowest BCUT2D eigenvalue weighted by atomic mass is 10.1. The van der Waals surface area contributed by atoms with E-state index in [4.69, 9.17) is 30.5 Å². The summed E-state index contributed by atoms with van der Waals surface area (Å²) in [6.07, 6.45) is 2.32. The largest absolute Gasteiger partial charge is 0.471 e. The molecule has 3 aliphatic heterocycles. The van der Waals surface area contributed by atoms with Gasteiger partial charge in [0.25, 0.3) is 5.91 Å². The highest BCUT2D eigenvalue weighted by molar-refractivity contribution is 6.32. The van der Waals surface area contributed by atoms with E-state index in [0.717, 1.165) is 37.6 Å². The van der Waals surface area contributed by atoms with Crippen molar-refractivity contribution in [3.05, 3.63) is 46.6 Å². The summed E-state index contributed by atoms with van der Waals surface area (Å²) >= 11 is 6.32. The second-order valence-electron chi connectivity index (χ2n) is 7.87. The molecule has 4 heterocycles. The molecule has 0 saturated carbocycles. The molecule has 9 heteroatoms. The lowest BCUT2D eigenvalue weighted by Gasteiger charge is -2.34. The van der Waals surface area contributed by atoms with Crippen molar-refractivity contribution in [2.75, 3.05) is 46.2 Å². The van der Waals surface area contributed by atoms with E-state index in [0.29, 0.717) is 42.8 Å². The molecule has 31 heavy (non-hydrogen) atoms. The zero-order valence-corrected chi connectivity index (χ0v) is 17.8. The Kier molecular flexibility index (Phi) is 5.85. The van der Waals surface area contributed by atoms with Crippen LogP contribution in [0.2, 0.25) is 5.02 Å². The van der Waals surface area contributed by atoms with Crippen LogP contribution in [0.5, 0.6) is 17.4 Å². The Balaban J connectivity index is 1.15. The van der Waals surface area contributed by atoms with E-state index in [1.807, 2.05) is 17.0 Å². The van der Waals surface area contributed by atoms with Crippen LogP contribution >= 0.6 is 11.6 Å². The predicted molar refractivity (Wildman–Crippen MR) is 113 cm³/mol. The highest BCUT2D eigenvalue weighted by Gasteiger charge is 2.25. The first-order chi connectivity index (χ1) is 15.2. The predicted octanol–water partition coefficient (Wildman–Crippen LogP) is 2.59. The molecule has 0 unspecified atom stereocenters. The maximum Gasteiger partial charge on any atom is 0.255 e. The number of amides is 1. The minimum atomic E-state index is -0.0621. The Bertz CT molecular complexity index is 958. The third-order valence-electron chi connectivity index (χ3n) is 5.72. The first-order valence-electron chi connectivity index (χ1n) is 10.5. The number of carbonyl (C=O) groups is 1. The molecule has 2 aromatic rings. The second-order valence-corrected chi connectivity index (χ2v) is 8.28. The van der Waals surface area contributed by atoms with Gasteiger partial charge >= 0.3 is 0 Å². The lowest BCUT2D eigenvalue weighted by Crippen LogP contribution is -2.48. The minimum Gasteiger partial charge on any atom is -0.471 e. The Morgan fingerprint density at radius 2 is 2.00 bits per heavy atom. The molecule has 164 valence electrons. The van der Waals surface area contributed by atoms with Crippen molar-refractivity contribution in [1.29, 1.82) is 0 Å². The van der Waals surface area contributed by atoms with Crippen molar-refractivity contribution in [1.82, 2.24) is 14.8 Å². The molecule has 0 spiro atoms. The van der Waals surface area contributed by atoms with Crippen LogP contribution in [0.4, 0.5) is 0 Å². The van der Waals surface area contributed by atoms with Gasteiger partial charge in [0.2, 0.25) is 12.7 Å². The van der Waals surface area contributed by atoms with E-state index in [-0.39, 0.29) is 18.8 Å². The van der Waals surface area contributed by atoms with Crippen LogP contribution in [0.25, 0.3) is 0 Å². The maximum absolute atomic E-state index is 12.9. The van der Waals surface area contributed by atoms with Crippen molar-refractivity contribution in [2.24, 2.45) is 0 Å². The topological polar surface area (TPSA) is 73.4 Å². The zero-order chi connectivity index (χ0) is 21.2. The van der Waals surface area contributed by atoms with Gasteiger partial charge in [0.1, 0.15) is 11.1 Å². The van der Waals surface area contributed by atoms with E-state index in [1.165, 1.54) is 5.56 Å². The van der Waals surface area contributed by atoms with Crippen LogP contribution in [0, 0.1) is 0 Å². The fourth-order valence-corrected chi connectivity index (χ4v) is 4.19. The molecule has 8 nitrogen and oxygen atoms in total. The van der Waals surface area contributed by atoms with Crippen molar-refractivity contribution < 1.29 is 23.7 Å². The summed E-state index contributed by atoms with van der Waals surface area (Å²) in [4.78, 5) is 21.4. The van der Waals surface area contributed by atoms with Crippen molar-refractivity contribution in [3.8, 4) is 17.4 Å². The van der Waals surface area contributed by atoms with Gasteiger partial charge in [0.15, 0.2) is 11.5 Å². The molecule has 1 aromatic carbocycles. The number of aromatic nitrogens is 1. The molecule has 2 saturated heterocycles. The number of rotatable bonds is 5. The molecule has 1 atom stereocenters. The quantitative estimate of drug-likeness (QED) is 0.700. The van der Waals surface area contributed by atoms with Gasteiger partial charge in [0, 0.05) is 45.3 Å². The van der Waals surface area contributed by atoms with Crippen LogP contribution in [0.3, 0.4) is 0 Å². The number of hydrogen-bond acceptors (Lipinski definition) is 7. The van der Waals surface area contributed by atoms with E-state index < -0.39 is 0 Å². The summed E-state index contributed by atoms with van der Waals surface area (Å²) in [6.45, 7) is 5.20. The molecular weight excluding hydrogens is 422 g/mol. The number of pyridine rings is 1. The smallest absolute Gasteiger partial charge is 0.255 e. The molecule has 0 aliphatic carbocycles. The highest BCUT2D eigenvalue weighted by atomic mass is 35.5. The van der Waals surface area contributed by atoms with E-state index >= 15 is 0 Å². The Morgan fingerprint density at radius 3 is 2.77 bits per heavy atom. The van der Waals surface area contributed by atoms with Gasteiger partial charge in [-0.25, -0.2) is 4.98 Å². The number of benzene rings is 1. The molecule has 1 amide bonds. The average molecular weight is 446 g/mol. The average Bonchev–Trinajstić information content (AvgIpc) is 3.47. The van der Waals surface area contributed by atoms with Gasteiger partial charge in [0.05, 0.1) is 18.8 Å². The normalized spacial score (nSPS) is 20.8. The maximum atomic E-state index is 12.9. The molecule has 3 aliphatic rings. The molecular formula is C22H24ClN3O5. The summed E-state index contributed by atoms with van der Waals surface area (Å²) in [5.41, 5.74) is 1.65. The molecule has 0 N–H and O–H groups in total. The third-order valence-corrected chi connectivity index (χ3v) is 5.99. The standard InChI is InChI=1S/C22H24ClN3O5/c23-18-10-16(11-24-21(18)31-17-3-8-28-13-17)22(27)26-6-4-25(5-7-26)12-15-1-2-19-20(9-15)30-14-29-19/h1-2,9-11,17H,3-8,12-14H2/t17-/m0/s1. The van der Waals surface area contributed by atoms with Gasteiger partial charge in [-0.2, -0.15) is 0 Å². The minimum absolute atomic E-state index is 0.0376. The van der Waals surface area contributed by atoms with Crippen LogP contribution in [-0.2, 0) is 11.3 Å². The Morgan fingerprint density at radius 1 is 1.16 bits per heavy atom. The monoisotopic (exact) mass is 445 g/mol. The lowest BCUT2D eigenvalue weighted by molar-refractivity contribution is 0.0628. The number of ether oxygens (including phenoxy) is 4. The Hall–Kier alpha value is -2.55. The third kappa shape index (κ3) is 4.56. The fourth-order valence-electron chi connectivity index (χ4n) is 3.98. The van der Waals surface area contributed by atoms with Gasteiger partial charge in [-0.05, 0) is 23.8 Å². The summed E-state index contributed by atoms with van der Waals surface area (Å²) in [5, 5.41) is 0.346. The van der Waals surface area contributed by atoms with Crippen LogP contribution in [-0.4, -0.2) is 73.0 Å². The first kappa shape index (κ1) is 20.4. The van der Waals surface area contributed by atoms with Gasteiger partial charge in [-0.15, -0.1) is 0 Å². The fraction of sp³-hybridized carbons (Fsp3) is 0.455.